The van der Waals surface area contributed by atoms with Crippen LogP contribution in [0, 0.1) is 9.39 Å². The SMILES string of the molecule is CCC[C@H](NC(=O)O[C@@H](CCCCNC(=O)c1ccc(I)cc1F)OC=O)C(=O)O. The molecule has 0 unspecified atom stereocenters. The molecule has 0 aliphatic carbocycles. The highest BCUT2D eigenvalue weighted by atomic mass is 127. The maximum absolute atomic E-state index is 13.8. The number of amides is 2. The van der Waals surface area contributed by atoms with Crippen molar-refractivity contribution in [1.29, 1.82) is 0 Å². The van der Waals surface area contributed by atoms with Crippen LogP contribution in [-0.2, 0) is 19.1 Å². The summed E-state index contributed by atoms with van der Waals surface area (Å²) in [5.41, 5.74) is -0.0577. The molecule has 0 radical (unpaired) electrons. The molecule has 1 aromatic carbocycles. The van der Waals surface area contributed by atoms with Gasteiger partial charge in [0.15, 0.2) is 0 Å². The van der Waals surface area contributed by atoms with Gasteiger partial charge in [0.2, 0.25) is 6.29 Å². The van der Waals surface area contributed by atoms with E-state index in [1.165, 1.54) is 12.1 Å². The standard InChI is InChI=1S/C19H24FIN2O7/c1-2-5-15(18(26)27)23-19(28)30-16(29-11-24)6-3-4-9-22-17(25)13-8-7-12(21)10-14(13)20/h7-8,10-11,15-16H,2-6,9H2,1H3,(H,22,25)(H,23,28)(H,26,27)/t15-,16-/m0/s1. The summed E-state index contributed by atoms with van der Waals surface area (Å²) in [6.07, 6.45) is -0.416. The average molecular weight is 538 g/mol. The summed E-state index contributed by atoms with van der Waals surface area (Å²) < 4.78 is 24.1. The van der Waals surface area contributed by atoms with E-state index in [4.69, 9.17) is 9.84 Å². The van der Waals surface area contributed by atoms with Gasteiger partial charge < -0.3 is 25.2 Å². The summed E-state index contributed by atoms with van der Waals surface area (Å²) in [6.45, 7) is 2.13. The van der Waals surface area contributed by atoms with Gasteiger partial charge in [-0.25, -0.2) is 14.0 Å². The first-order valence-corrected chi connectivity index (χ1v) is 10.4. The third kappa shape index (κ3) is 9.37. The quantitative estimate of drug-likeness (QED) is 0.152. The van der Waals surface area contributed by atoms with Crippen LogP contribution in [0.15, 0.2) is 18.2 Å². The monoisotopic (exact) mass is 538 g/mol. The number of unbranched alkanes of at least 4 members (excludes halogenated alkanes) is 1. The molecule has 166 valence electrons. The lowest BCUT2D eigenvalue weighted by molar-refractivity contribution is -0.154. The van der Waals surface area contributed by atoms with Gasteiger partial charge in [-0.05, 0) is 60.1 Å². The molecule has 0 aliphatic heterocycles. The Morgan fingerprint density at radius 3 is 2.60 bits per heavy atom. The zero-order chi connectivity index (χ0) is 22.5. The van der Waals surface area contributed by atoms with Crippen LogP contribution in [0.25, 0.3) is 0 Å². The summed E-state index contributed by atoms with van der Waals surface area (Å²) in [5, 5.41) is 13.8. The Morgan fingerprint density at radius 2 is 2.00 bits per heavy atom. The number of ether oxygens (including phenoxy) is 2. The number of carboxylic acid groups (broad SMARTS) is 1. The molecule has 3 N–H and O–H groups in total. The van der Waals surface area contributed by atoms with Crippen molar-refractivity contribution >= 4 is 47.0 Å². The third-order valence-electron chi connectivity index (χ3n) is 3.94. The number of carbonyl (C=O) groups excluding carboxylic acids is 3. The number of benzene rings is 1. The molecule has 30 heavy (non-hydrogen) atoms. The minimum absolute atomic E-state index is 0.0577. The Morgan fingerprint density at radius 1 is 1.27 bits per heavy atom. The summed E-state index contributed by atoms with van der Waals surface area (Å²) >= 11 is 1.94. The first kappa shape index (κ1) is 25.6. The smallest absolute Gasteiger partial charge is 0.410 e. The predicted octanol–water partition coefficient (Wildman–Crippen LogP) is 2.81. The van der Waals surface area contributed by atoms with Crippen LogP contribution in [0.3, 0.4) is 0 Å². The zero-order valence-corrected chi connectivity index (χ0v) is 18.5. The van der Waals surface area contributed by atoms with E-state index in [0.29, 0.717) is 22.8 Å². The van der Waals surface area contributed by atoms with Crippen molar-refractivity contribution in [2.75, 3.05) is 6.54 Å². The number of hydrogen-bond acceptors (Lipinski definition) is 6. The second-order valence-corrected chi connectivity index (χ2v) is 7.51. The number of hydrogen-bond donors (Lipinski definition) is 3. The molecule has 0 heterocycles. The van der Waals surface area contributed by atoms with Crippen LogP contribution >= 0.6 is 22.6 Å². The van der Waals surface area contributed by atoms with E-state index in [-0.39, 0.29) is 31.4 Å². The van der Waals surface area contributed by atoms with Crippen LogP contribution < -0.4 is 10.6 Å². The van der Waals surface area contributed by atoms with E-state index in [0.717, 1.165) is 0 Å². The first-order valence-electron chi connectivity index (χ1n) is 9.30. The highest BCUT2D eigenvalue weighted by Gasteiger charge is 2.22. The molecule has 2 amide bonds. The molecule has 1 aromatic rings. The highest BCUT2D eigenvalue weighted by molar-refractivity contribution is 14.1. The Hall–Kier alpha value is -2.44. The van der Waals surface area contributed by atoms with Crippen LogP contribution in [0.2, 0.25) is 0 Å². The minimum atomic E-state index is -1.19. The fourth-order valence-electron chi connectivity index (χ4n) is 2.47. The van der Waals surface area contributed by atoms with Crippen molar-refractivity contribution in [1.82, 2.24) is 10.6 Å². The molecular weight excluding hydrogens is 514 g/mol. The summed E-state index contributed by atoms with van der Waals surface area (Å²) in [6, 6.07) is 3.18. The topological polar surface area (TPSA) is 131 Å². The lowest BCUT2D eigenvalue weighted by Crippen LogP contribution is -2.42. The second kappa shape index (κ2) is 13.7. The van der Waals surface area contributed by atoms with Crippen molar-refractivity contribution in [3.63, 3.8) is 0 Å². The fraction of sp³-hybridized carbons (Fsp3) is 0.474. The maximum Gasteiger partial charge on any atom is 0.410 e. The van der Waals surface area contributed by atoms with E-state index in [2.05, 4.69) is 15.4 Å². The first-order chi connectivity index (χ1) is 14.3. The Balaban J connectivity index is 2.40. The highest BCUT2D eigenvalue weighted by Crippen LogP contribution is 2.12. The van der Waals surface area contributed by atoms with Gasteiger partial charge in [0, 0.05) is 16.5 Å². The molecule has 0 fully saturated rings. The minimum Gasteiger partial charge on any atom is -0.480 e. The number of rotatable bonds is 13. The Labute approximate surface area is 186 Å². The van der Waals surface area contributed by atoms with Gasteiger partial charge in [0.25, 0.3) is 12.4 Å². The summed E-state index contributed by atoms with van der Waals surface area (Å²) in [5.74, 6) is -2.35. The molecule has 2 atom stereocenters. The summed E-state index contributed by atoms with van der Waals surface area (Å²) in [7, 11) is 0. The fourth-order valence-corrected chi connectivity index (χ4v) is 2.92. The van der Waals surface area contributed by atoms with Crippen LogP contribution in [0.5, 0.6) is 0 Å². The molecule has 0 aliphatic rings. The van der Waals surface area contributed by atoms with Gasteiger partial charge in [-0.1, -0.05) is 13.3 Å². The van der Waals surface area contributed by atoms with Gasteiger partial charge in [-0.3, -0.25) is 9.59 Å². The van der Waals surface area contributed by atoms with E-state index in [9.17, 15) is 23.6 Å². The molecule has 0 bridgehead atoms. The van der Waals surface area contributed by atoms with Crippen LogP contribution in [-0.4, -0.2) is 48.4 Å². The van der Waals surface area contributed by atoms with Crippen molar-refractivity contribution in [3.05, 3.63) is 33.1 Å². The van der Waals surface area contributed by atoms with Crippen LogP contribution in [0.4, 0.5) is 9.18 Å². The maximum atomic E-state index is 13.8. The number of nitrogens with one attached hydrogen (secondary N) is 2. The van der Waals surface area contributed by atoms with E-state index in [1.807, 2.05) is 22.6 Å². The van der Waals surface area contributed by atoms with Gasteiger partial charge in [-0.15, -0.1) is 0 Å². The number of aliphatic carboxylic acids is 1. The number of carbonyl (C=O) groups is 4. The Kier molecular flexibility index (Phi) is 11.7. The average Bonchev–Trinajstić information content (AvgIpc) is 2.67. The largest absolute Gasteiger partial charge is 0.480 e. The zero-order valence-electron chi connectivity index (χ0n) is 16.4. The second-order valence-electron chi connectivity index (χ2n) is 6.27. The summed E-state index contributed by atoms with van der Waals surface area (Å²) in [4.78, 5) is 45.5. The molecule has 0 spiro atoms. The van der Waals surface area contributed by atoms with Crippen molar-refractivity contribution < 1.29 is 38.1 Å². The molecule has 1 rings (SSSR count). The number of alkyl carbamates (subject to hydrolysis) is 1. The van der Waals surface area contributed by atoms with Gasteiger partial charge >= 0.3 is 12.1 Å². The van der Waals surface area contributed by atoms with E-state index < -0.39 is 36.1 Å². The molecule has 0 saturated heterocycles. The molecular formula is C19H24FIN2O7. The lowest BCUT2D eigenvalue weighted by Gasteiger charge is -2.18. The molecule has 0 aromatic heterocycles. The van der Waals surface area contributed by atoms with Crippen molar-refractivity contribution in [3.8, 4) is 0 Å². The van der Waals surface area contributed by atoms with E-state index in [1.54, 1.807) is 13.0 Å². The van der Waals surface area contributed by atoms with Crippen LogP contribution in [0.1, 0.15) is 49.4 Å². The third-order valence-corrected chi connectivity index (χ3v) is 4.61. The van der Waals surface area contributed by atoms with Gasteiger partial charge in [-0.2, -0.15) is 0 Å². The molecule has 9 nitrogen and oxygen atoms in total. The molecule has 0 saturated carbocycles. The van der Waals surface area contributed by atoms with Crippen molar-refractivity contribution in [2.45, 2.75) is 51.4 Å². The van der Waals surface area contributed by atoms with Gasteiger partial charge in [0.1, 0.15) is 11.9 Å². The normalized spacial score (nSPS) is 12.4. The number of carboxylic acids is 1. The molecule has 11 heteroatoms. The number of halogens is 2. The van der Waals surface area contributed by atoms with Gasteiger partial charge in [0.05, 0.1) is 5.56 Å². The predicted molar refractivity (Wildman–Crippen MR) is 112 cm³/mol. The Bertz CT molecular complexity index is 748. The van der Waals surface area contributed by atoms with E-state index >= 15 is 0 Å². The lowest BCUT2D eigenvalue weighted by atomic mass is 10.2. The van der Waals surface area contributed by atoms with Crippen molar-refractivity contribution in [2.24, 2.45) is 0 Å².